The van der Waals surface area contributed by atoms with E-state index in [9.17, 15) is 29.4 Å². The Morgan fingerprint density at radius 1 is 1.45 bits per heavy atom. The van der Waals surface area contributed by atoms with E-state index in [4.69, 9.17) is 5.73 Å². The SMILES string of the molecule is Nc1nc2c(c(=O)[nH]1)N=C(C(O)C(O)COP(=O)([O-])[O-])CN2. The summed E-state index contributed by atoms with van der Waals surface area (Å²) in [5, 5.41) is 22.1. The molecule has 6 N–H and O–H groups in total. The van der Waals surface area contributed by atoms with Gasteiger partial charge >= 0.3 is 0 Å². The predicted molar refractivity (Wildman–Crippen MR) is 70.4 cm³/mol. The zero-order valence-corrected chi connectivity index (χ0v) is 11.8. The van der Waals surface area contributed by atoms with Gasteiger partial charge in [-0.2, -0.15) is 4.98 Å². The van der Waals surface area contributed by atoms with Crippen LogP contribution in [0.3, 0.4) is 0 Å². The van der Waals surface area contributed by atoms with Crippen LogP contribution in [0.25, 0.3) is 0 Å². The van der Waals surface area contributed by atoms with E-state index in [1.54, 1.807) is 0 Å². The Hall–Kier alpha value is -1.82. The smallest absolute Gasteiger partial charge is 0.280 e. The van der Waals surface area contributed by atoms with Crippen molar-refractivity contribution in [1.29, 1.82) is 0 Å². The zero-order chi connectivity index (χ0) is 16.5. The largest absolute Gasteiger partial charge is 0.790 e. The van der Waals surface area contributed by atoms with Crippen molar-refractivity contribution in [2.75, 3.05) is 24.2 Å². The highest BCUT2D eigenvalue weighted by molar-refractivity contribution is 7.43. The number of anilines is 2. The molecule has 0 aliphatic carbocycles. The molecule has 22 heavy (non-hydrogen) atoms. The van der Waals surface area contributed by atoms with Gasteiger partial charge in [-0.15, -0.1) is 0 Å². The number of rotatable bonds is 5. The zero-order valence-electron chi connectivity index (χ0n) is 10.9. The van der Waals surface area contributed by atoms with Crippen LogP contribution in [0, 0.1) is 0 Å². The van der Waals surface area contributed by atoms with Gasteiger partial charge in [0.1, 0.15) is 12.2 Å². The van der Waals surface area contributed by atoms with Gasteiger partial charge in [-0.25, -0.2) is 4.99 Å². The lowest BCUT2D eigenvalue weighted by Gasteiger charge is -2.31. The molecule has 2 rings (SSSR count). The van der Waals surface area contributed by atoms with Crippen molar-refractivity contribution in [3.63, 3.8) is 0 Å². The lowest BCUT2D eigenvalue weighted by Crippen LogP contribution is -2.42. The summed E-state index contributed by atoms with van der Waals surface area (Å²) >= 11 is 0. The molecule has 122 valence electrons. The third-order valence-electron chi connectivity index (χ3n) is 2.71. The maximum absolute atomic E-state index is 11.7. The van der Waals surface area contributed by atoms with Crippen LogP contribution in [0.15, 0.2) is 9.79 Å². The van der Waals surface area contributed by atoms with E-state index in [2.05, 4.69) is 24.8 Å². The molecule has 2 atom stereocenters. The van der Waals surface area contributed by atoms with Crippen LogP contribution in [-0.4, -0.2) is 51.3 Å². The molecule has 0 radical (unpaired) electrons. The molecular weight excluding hydrogens is 321 g/mol. The number of aliphatic hydroxyl groups excluding tert-OH is 2. The Kier molecular flexibility index (Phi) is 4.60. The van der Waals surface area contributed by atoms with Gasteiger partial charge in [0.05, 0.1) is 26.7 Å². The van der Waals surface area contributed by atoms with Crippen LogP contribution in [0.1, 0.15) is 0 Å². The molecule has 0 saturated heterocycles. The van der Waals surface area contributed by atoms with Gasteiger partial charge in [0.25, 0.3) is 5.56 Å². The fourth-order valence-electron chi connectivity index (χ4n) is 1.72. The molecule has 1 aromatic heterocycles. The number of nitrogens with one attached hydrogen (secondary N) is 2. The average molecular weight is 333 g/mol. The number of phosphoric ester groups is 1. The lowest BCUT2D eigenvalue weighted by atomic mass is 10.1. The second kappa shape index (κ2) is 6.12. The van der Waals surface area contributed by atoms with E-state index in [-0.39, 0.29) is 29.7 Å². The number of aromatic nitrogens is 2. The first-order valence-electron chi connectivity index (χ1n) is 5.91. The Labute approximate surface area is 122 Å². The Morgan fingerprint density at radius 2 is 2.14 bits per heavy atom. The number of aliphatic hydroxyl groups is 2. The highest BCUT2D eigenvalue weighted by Crippen LogP contribution is 2.26. The summed E-state index contributed by atoms with van der Waals surface area (Å²) in [6.45, 7) is -1.01. The van der Waals surface area contributed by atoms with E-state index >= 15 is 0 Å². The van der Waals surface area contributed by atoms with Crippen LogP contribution in [0.5, 0.6) is 0 Å². The summed E-state index contributed by atoms with van der Waals surface area (Å²) in [6, 6.07) is 0. The molecular formula is C9H12N5O7P-2. The molecule has 1 aliphatic rings. The van der Waals surface area contributed by atoms with Crippen molar-refractivity contribution < 1.29 is 29.1 Å². The molecule has 12 nitrogen and oxygen atoms in total. The molecule has 0 bridgehead atoms. The van der Waals surface area contributed by atoms with E-state index < -0.39 is 32.2 Å². The van der Waals surface area contributed by atoms with E-state index in [0.29, 0.717) is 0 Å². The normalized spacial score (nSPS) is 17.2. The Balaban J connectivity index is 2.17. The molecule has 1 aromatic rings. The maximum Gasteiger partial charge on any atom is 0.280 e. The van der Waals surface area contributed by atoms with Crippen molar-refractivity contribution in [1.82, 2.24) is 9.97 Å². The number of aromatic amines is 1. The second-order valence-electron chi connectivity index (χ2n) is 4.36. The average Bonchev–Trinajstić information content (AvgIpc) is 2.42. The molecule has 2 unspecified atom stereocenters. The summed E-state index contributed by atoms with van der Waals surface area (Å²) in [5.41, 5.74) is 4.49. The summed E-state index contributed by atoms with van der Waals surface area (Å²) in [5.74, 6) is -0.0166. The van der Waals surface area contributed by atoms with Crippen molar-refractivity contribution in [2.45, 2.75) is 12.2 Å². The first kappa shape index (κ1) is 16.5. The molecule has 13 heteroatoms. The summed E-state index contributed by atoms with van der Waals surface area (Å²) in [4.78, 5) is 42.2. The van der Waals surface area contributed by atoms with Crippen LogP contribution in [0.2, 0.25) is 0 Å². The minimum atomic E-state index is -5.27. The first-order chi connectivity index (χ1) is 10.2. The van der Waals surface area contributed by atoms with Gasteiger partial charge in [-0.05, 0) is 0 Å². The van der Waals surface area contributed by atoms with Crippen molar-refractivity contribution >= 4 is 31.0 Å². The Bertz CT molecular complexity index is 698. The third kappa shape index (κ3) is 3.88. The molecule has 0 aromatic carbocycles. The van der Waals surface area contributed by atoms with Gasteiger partial charge in [0, 0.05) is 0 Å². The van der Waals surface area contributed by atoms with E-state index in [1.165, 1.54) is 0 Å². The van der Waals surface area contributed by atoms with Crippen LogP contribution < -0.4 is 26.4 Å². The summed E-state index contributed by atoms with van der Waals surface area (Å²) in [6.07, 6.45) is -3.37. The molecule has 2 heterocycles. The highest BCUT2D eigenvalue weighted by atomic mass is 31.2. The van der Waals surface area contributed by atoms with Gasteiger partial charge in [0.2, 0.25) is 5.95 Å². The minimum absolute atomic E-state index is 0.0627. The van der Waals surface area contributed by atoms with Crippen LogP contribution in [0.4, 0.5) is 17.5 Å². The van der Waals surface area contributed by atoms with Gasteiger partial charge in [-0.1, -0.05) is 0 Å². The summed E-state index contributed by atoms with van der Waals surface area (Å²) in [7, 11) is -5.27. The van der Waals surface area contributed by atoms with Crippen molar-refractivity contribution in [3.05, 3.63) is 10.4 Å². The van der Waals surface area contributed by atoms with Gasteiger partial charge < -0.3 is 40.1 Å². The Morgan fingerprint density at radius 3 is 2.77 bits per heavy atom. The second-order valence-corrected chi connectivity index (χ2v) is 5.51. The third-order valence-corrected chi connectivity index (χ3v) is 3.18. The fourth-order valence-corrected chi connectivity index (χ4v) is 2.06. The number of H-pyrrole nitrogens is 1. The molecule has 1 aliphatic heterocycles. The molecule has 0 spiro atoms. The number of nitrogens with two attached hydrogens (primary N) is 1. The molecule has 0 saturated carbocycles. The quantitative estimate of drug-likeness (QED) is 0.334. The number of fused-ring (bicyclic) bond motifs is 1. The standard InChI is InChI=1S/C9H14N5O7P/c10-9-13-7-5(8(17)14-9)12-3(1-11-7)6(16)4(15)2-21-22(18,19)20/h4,6,15-16H,1-2H2,(H2,18,19,20)(H4,10,11,13,14,17)/p-2. The number of phosphoric acid groups is 1. The molecule has 0 fully saturated rings. The fraction of sp³-hybridized carbons (Fsp3) is 0.444. The number of hydrogen-bond donors (Lipinski definition) is 5. The minimum Gasteiger partial charge on any atom is -0.790 e. The number of nitrogens with zero attached hydrogens (tertiary/aromatic N) is 2. The lowest BCUT2D eigenvalue weighted by molar-refractivity contribution is -0.343. The first-order valence-corrected chi connectivity index (χ1v) is 7.37. The van der Waals surface area contributed by atoms with Gasteiger partial charge in [-0.3, -0.25) is 9.78 Å². The maximum atomic E-state index is 11.7. The topological polar surface area (TPSA) is 209 Å². The van der Waals surface area contributed by atoms with Gasteiger partial charge in [0.15, 0.2) is 11.5 Å². The molecule has 0 amide bonds. The van der Waals surface area contributed by atoms with Crippen molar-refractivity contribution in [2.24, 2.45) is 4.99 Å². The highest BCUT2D eigenvalue weighted by Gasteiger charge is 2.27. The number of hydrogen-bond acceptors (Lipinski definition) is 11. The number of nitrogen functional groups attached to an aromatic ring is 1. The van der Waals surface area contributed by atoms with E-state index in [1.807, 2.05) is 0 Å². The van der Waals surface area contributed by atoms with Crippen molar-refractivity contribution in [3.8, 4) is 0 Å². The predicted octanol–water partition coefficient (Wildman–Crippen LogP) is -3.58. The van der Waals surface area contributed by atoms with Crippen LogP contribution >= 0.6 is 7.82 Å². The number of aliphatic imine (C=N–C) groups is 1. The van der Waals surface area contributed by atoms with Crippen LogP contribution in [-0.2, 0) is 9.09 Å². The monoisotopic (exact) mass is 333 g/mol. The summed E-state index contributed by atoms with van der Waals surface area (Å²) < 4.78 is 14.2. The van der Waals surface area contributed by atoms with E-state index in [0.717, 1.165) is 0 Å².